The van der Waals surface area contributed by atoms with Crippen LogP contribution >= 0.6 is 0 Å². The Labute approximate surface area is 151 Å². The largest absolute Gasteiger partial charge is 0.497 e. The molecule has 0 aliphatic heterocycles. The number of furan rings is 1. The van der Waals surface area contributed by atoms with Crippen molar-refractivity contribution in [3.05, 3.63) is 30.0 Å². The lowest BCUT2D eigenvalue weighted by atomic mass is 9.83. The molecule has 0 radical (unpaired) electrons. The number of ether oxygens (including phenoxy) is 1. The van der Waals surface area contributed by atoms with Crippen LogP contribution in [0.4, 0.5) is 0 Å². The lowest BCUT2D eigenvalue weighted by Crippen LogP contribution is -2.48. The molecular formula is C19H21N3O4. The number of nitriles is 1. The monoisotopic (exact) mass is 355 g/mol. The van der Waals surface area contributed by atoms with Crippen LogP contribution in [-0.2, 0) is 4.79 Å². The summed E-state index contributed by atoms with van der Waals surface area (Å²) < 4.78 is 10.8. The number of benzene rings is 1. The van der Waals surface area contributed by atoms with Crippen molar-refractivity contribution in [3.63, 3.8) is 0 Å². The number of fused-ring (bicyclic) bond motifs is 1. The third-order valence-electron chi connectivity index (χ3n) is 4.71. The Morgan fingerprint density at radius 3 is 2.88 bits per heavy atom. The summed E-state index contributed by atoms with van der Waals surface area (Å²) in [5, 5.41) is 14.9. The van der Waals surface area contributed by atoms with E-state index in [9.17, 15) is 9.59 Å². The molecule has 1 fully saturated rings. The summed E-state index contributed by atoms with van der Waals surface area (Å²) in [7, 11) is 1.58. The maximum Gasteiger partial charge on any atom is 0.287 e. The molecule has 1 saturated carbocycles. The van der Waals surface area contributed by atoms with Crippen LogP contribution in [0.15, 0.2) is 28.7 Å². The van der Waals surface area contributed by atoms with Gasteiger partial charge in [0.2, 0.25) is 5.91 Å². The van der Waals surface area contributed by atoms with Gasteiger partial charge in [0.05, 0.1) is 19.1 Å². The van der Waals surface area contributed by atoms with Crippen molar-refractivity contribution in [2.24, 2.45) is 5.92 Å². The fourth-order valence-corrected chi connectivity index (χ4v) is 3.38. The van der Waals surface area contributed by atoms with Crippen molar-refractivity contribution in [3.8, 4) is 11.8 Å². The third kappa shape index (κ3) is 3.80. The molecule has 7 nitrogen and oxygen atoms in total. The molecule has 2 atom stereocenters. The molecule has 136 valence electrons. The van der Waals surface area contributed by atoms with E-state index in [1.807, 2.05) is 6.07 Å². The smallest absolute Gasteiger partial charge is 0.287 e. The number of rotatable bonds is 5. The number of amides is 2. The van der Waals surface area contributed by atoms with E-state index in [-0.39, 0.29) is 36.1 Å². The van der Waals surface area contributed by atoms with Crippen LogP contribution in [0.2, 0.25) is 0 Å². The number of hydrogen-bond donors (Lipinski definition) is 2. The normalized spacial score (nSPS) is 19.5. The highest BCUT2D eigenvalue weighted by Crippen LogP contribution is 2.27. The van der Waals surface area contributed by atoms with Crippen molar-refractivity contribution < 1.29 is 18.7 Å². The van der Waals surface area contributed by atoms with Gasteiger partial charge in [-0.15, -0.1) is 0 Å². The van der Waals surface area contributed by atoms with Crippen LogP contribution in [0, 0.1) is 17.2 Å². The van der Waals surface area contributed by atoms with Crippen molar-refractivity contribution in [1.82, 2.24) is 10.6 Å². The molecule has 1 aromatic heterocycles. The minimum Gasteiger partial charge on any atom is -0.497 e. The second kappa shape index (κ2) is 7.91. The van der Waals surface area contributed by atoms with Crippen molar-refractivity contribution in [2.45, 2.75) is 31.7 Å². The summed E-state index contributed by atoms with van der Waals surface area (Å²) in [6.07, 6.45) is 3.30. The van der Waals surface area contributed by atoms with Crippen molar-refractivity contribution in [1.29, 1.82) is 5.26 Å². The van der Waals surface area contributed by atoms with Gasteiger partial charge in [-0.1, -0.05) is 12.8 Å². The van der Waals surface area contributed by atoms with E-state index in [2.05, 4.69) is 10.6 Å². The molecule has 0 bridgehead atoms. The maximum absolute atomic E-state index is 12.6. The van der Waals surface area contributed by atoms with E-state index in [1.54, 1.807) is 31.4 Å². The number of methoxy groups -OCH3 is 1. The van der Waals surface area contributed by atoms with E-state index < -0.39 is 0 Å². The van der Waals surface area contributed by atoms with E-state index in [1.165, 1.54) is 0 Å². The zero-order chi connectivity index (χ0) is 18.5. The van der Waals surface area contributed by atoms with Crippen LogP contribution in [-0.4, -0.2) is 31.5 Å². The minimum atomic E-state index is -0.342. The second-order valence-corrected chi connectivity index (χ2v) is 6.36. The molecule has 2 amide bonds. The molecule has 26 heavy (non-hydrogen) atoms. The van der Waals surface area contributed by atoms with E-state index in [4.69, 9.17) is 14.4 Å². The number of nitrogens with one attached hydrogen (secondary N) is 2. The van der Waals surface area contributed by atoms with Crippen LogP contribution in [0.1, 0.15) is 36.2 Å². The Balaban J connectivity index is 1.73. The first-order valence-electron chi connectivity index (χ1n) is 8.65. The fourth-order valence-electron chi connectivity index (χ4n) is 3.38. The summed E-state index contributed by atoms with van der Waals surface area (Å²) in [6.45, 7) is -0.0264. The van der Waals surface area contributed by atoms with Gasteiger partial charge in [-0.25, -0.2) is 0 Å². The molecule has 1 heterocycles. The molecule has 2 aromatic rings. The molecular weight excluding hydrogens is 334 g/mol. The Hall–Kier alpha value is -3.01. The number of nitrogens with zero attached hydrogens (tertiary/aromatic N) is 1. The highest BCUT2D eigenvalue weighted by Gasteiger charge is 2.32. The standard InChI is InChI=1S/C19H21N3O4/c1-25-13-6-7-16-12(10-13)11-17(26-16)19(24)22-15-5-3-2-4-14(15)18(23)21-9-8-20/h6-7,10-11,14-15H,2-5,9H2,1H3,(H,21,23)(H,22,24). The van der Waals surface area contributed by atoms with Gasteiger partial charge < -0.3 is 19.8 Å². The number of carbonyl (C=O) groups excluding carboxylic acids is 2. The Kier molecular flexibility index (Phi) is 5.42. The van der Waals surface area contributed by atoms with E-state index in [0.717, 1.165) is 24.6 Å². The third-order valence-corrected chi connectivity index (χ3v) is 4.71. The van der Waals surface area contributed by atoms with Crippen molar-refractivity contribution in [2.75, 3.05) is 13.7 Å². The molecule has 2 unspecified atom stereocenters. The minimum absolute atomic E-state index is 0.0264. The molecule has 0 saturated heterocycles. The van der Waals surface area contributed by atoms with Crippen LogP contribution in [0.3, 0.4) is 0 Å². The Bertz CT molecular complexity index is 852. The molecule has 7 heteroatoms. The summed E-state index contributed by atoms with van der Waals surface area (Å²) >= 11 is 0. The molecule has 2 N–H and O–H groups in total. The van der Waals surface area contributed by atoms with Gasteiger partial charge >= 0.3 is 0 Å². The summed E-state index contributed by atoms with van der Waals surface area (Å²) in [5.41, 5.74) is 0.600. The molecule has 0 spiro atoms. The Morgan fingerprint density at radius 2 is 2.12 bits per heavy atom. The van der Waals surface area contributed by atoms with Gasteiger partial charge in [0.15, 0.2) is 5.76 Å². The first-order chi connectivity index (χ1) is 12.6. The van der Waals surface area contributed by atoms with Gasteiger partial charge in [-0.05, 0) is 37.1 Å². The first kappa shape index (κ1) is 17.8. The zero-order valence-corrected chi connectivity index (χ0v) is 14.6. The Morgan fingerprint density at radius 1 is 1.31 bits per heavy atom. The van der Waals surface area contributed by atoms with Gasteiger partial charge in [0.1, 0.15) is 17.9 Å². The van der Waals surface area contributed by atoms with Gasteiger partial charge in [0, 0.05) is 11.4 Å². The van der Waals surface area contributed by atoms with Gasteiger partial charge in [-0.2, -0.15) is 5.26 Å². The fraction of sp³-hybridized carbons (Fsp3) is 0.421. The van der Waals surface area contributed by atoms with E-state index >= 15 is 0 Å². The molecule has 1 aliphatic rings. The number of hydrogen-bond acceptors (Lipinski definition) is 5. The van der Waals surface area contributed by atoms with Crippen LogP contribution in [0.5, 0.6) is 5.75 Å². The quantitative estimate of drug-likeness (QED) is 0.801. The highest BCUT2D eigenvalue weighted by molar-refractivity contribution is 5.96. The molecule has 1 aromatic carbocycles. The molecule has 3 rings (SSSR count). The molecule has 1 aliphatic carbocycles. The predicted molar refractivity (Wildman–Crippen MR) is 94.6 cm³/mol. The van der Waals surface area contributed by atoms with Gasteiger partial charge in [0.25, 0.3) is 5.91 Å². The topological polar surface area (TPSA) is 104 Å². The van der Waals surface area contributed by atoms with Gasteiger partial charge in [-0.3, -0.25) is 9.59 Å². The SMILES string of the molecule is COc1ccc2oc(C(=O)NC3CCCCC3C(=O)NCC#N)cc2c1. The van der Waals surface area contributed by atoms with Crippen LogP contribution in [0.25, 0.3) is 11.0 Å². The van der Waals surface area contributed by atoms with Crippen molar-refractivity contribution >= 4 is 22.8 Å². The zero-order valence-electron chi connectivity index (χ0n) is 14.6. The summed E-state index contributed by atoms with van der Waals surface area (Å²) in [5.74, 6) is 0.0309. The van der Waals surface area contributed by atoms with E-state index in [0.29, 0.717) is 17.8 Å². The lowest BCUT2D eigenvalue weighted by molar-refractivity contribution is -0.126. The highest BCUT2D eigenvalue weighted by atomic mass is 16.5. The summed E-state index contributed by atoms with van der Waals surface area (Å²) in [6, 6.07) is 8.62. The predicted octanol–water partition coefficient (Wildman–Crippen LogP) is 2.37. The number of carbonyl (C=O) groups is 2. The lowest BCUT2D eigenvalue weighted by Gasteiger charge is -2.30. The first-order valence-corrected chi connectivity index (χ1v) is 8.65. The van der Waals surface area contributed by atoms with Crippen LogP contribution < -0.4 is 15.4 Å². The average molecular weight is 355 g/mol. The maximum atomic E-state index is 12.6. The average Bonchev–Trinajstić information content (AvgIpc) is 3.09. The summed E-state index contributed by atoms with van der Waals surface area (Å²) in [4.78, 5) is 24.8. The second-order valence-electron chi connectivity index (χ2n) is 6.36.